The Labute approximate surface area is 107 Å². The second-order valence-electron chi connectivity index (χ2n) is 4.83. The zero-order valence-electron chi connectivity index (χ0n) is 10.6. The number of aromatic nitrogens is 3. The van der Waals surface area contributed by atoms with E-state index in [-0.39, 0.29) is 0 Å². The van der Waals surface area contributed by atoms with Gasteiger partial charge in [-0.15, -0.1) is 5.10 Å². The summed E-state index contributed by atoms with van der Waals surface area (Å²) >= 11 is 0. The van der Waals surface area contributed by atoms with E-state index in [1.165, 1.54) is 24.0 Å². The molecule has 1 N–H and O–H groups in total. The first kappa shape index (κ1) is 11.4. The Bertz CT molecular complexity index is 532. The molecule has 4 nitrogen and oxygen atoms in total. The summed E-state index contributed by atoms with van der Waals surface area (Å²) in [6.45, 7) is 0.772. The van der Waals surface area contributed by atoms with Crippen molar-refractivity contribution in [1.82, 2.24) is 20.3 Å². The highest BCUT2D eigenvalue weighted by molar-refractivity contribution is 5.32. The van der Waals surface area contributed by atoms with Crippen LogP contribution in [0.3, 0.4) is 0 Å². The molecule has 1 unspecified atom stereocenters. The van der Waals surface area contributed by atoms with Gasteiger partial charge in [-0.05, 0) is 37.4 Å². The van der Waals surface area contributed by atoms with Crippen LogP contribution in [0.5, 0.6) is 0 Å². The SMILES string of the molecule is CNCc1cn(C2CCCc3ccccc32)nn1. The molecule has 1 heterocycles. The zero-order valence-corrected chi connectivity index (χ0v) is 10.6. The smallest absolute Gasteiger partial charge is 0.0965 e. The molecular formula is C14H18N4. The molecule has 0 amide bonds. The first-order valence-electron chi connectivity index (χ1n) is 6.51. The summed E-state index contributed by atoms with van der Waals surface area (Å²) in [5.41, 5.74) is 3.87. The average molecular weight is 242 g/mol. The minimum atomic E-state index is 0.355. The van der Waals surface area contributed by atoms with Gasteiger partial charge >= 0.3 is 0 Å². The standard InChI is InChI=1S/C14H18N4/c1-15-9-12-10-18(17-16-12)14-8-4-6-11-5-2-3-7-13(11)14/h2-3,5,7,10,14-15H,4,6,8-9H2,1H3. The summed E-state index contributed by atoms with van der Waals surface area (Å²) in [6, 6.07) is 9.04. The number of hydrogen-bond acceptors (Lipinski definition) is 3. The highest BCUT2D eigenvalue weighted by Crippen LogP contribution is 2.31. The maximum Gasteiger partial charge on any atom is 0.0965 e. The van der Waals surface area contributed by atoms with E-state index in [1.807, 2.05) is 11.7 Å². The number of hydrogen-bond donors (Lipinski definition) is 1. The topological polar surface area (TPSA) is 42.7 Å². The second kappa shape index (κ2) is 4.90. The fraction of sp³-hybridized carbons (Fsp3) is 0.429. The lowest BCUT2D eigenvalue weighted by molar-refractivity contribution is 0.440. The van der Waals surface area contributed by atoms with Crippen molar-refractivity contribution in [1.29, 1.82) is 0 Å². The molecule has 18 heavy (non-hydrogen) atoms. The molecular weight excluding hydrogens is 224 g/mol. The minimum absolute atomic E-state index is 0.355. The monoisotopic (exact) mass is 242 g/mol. The van der Waals surface area contributed by atoms with Crippen LogP contribution in [0.25, 0.3) is 0 Å². The van der Waals surface area contributed by atoms with Crippen LogP contribution >= 0.6 is 0 Å². The Kier molecular flexibility index (Phi) is 3.11. The molecule has 1 aliphatic rings. The zero-order chi connectivity index (χ0) is 12.4. The number of rotatable bonds is 3. The van der Waals surface area contributed by atoms with E-state index in [2.05, 4.69) is 46.1 Å². The van der Waals surface area contributed by atoms with Gasteiger partial charge in [0.05, 0.1) is 17.9 Å². The molecule has 0 aliphatic heterocycles. The van der Waals surface area contributed by atoms with Crippen molar-refractivity contribution in [3.8, 4) is 0 Å². The van der Waals surface area contributed by atoms with Gasteiger partial charge < -0.3 is 5.32 Å². The van der Waals surface area contributed by atoms with Gasteiger partial charge in [0, 0.05) is 6.54 Å². The molecule has 0 bridgehead atoms. The van der Waals surface area contributed by atoms with E-state index < -0.39 is 0 Å². The van der Waals surface area contributed by atoms with E-state index >= 15 is 0 Å². The molecule has 4 heteroatoms. The van der Waals surface area contributed by atoms with Crippen LogP contribution < -0.4 is 5.32 Å². The summed E-state index contributed by atoms with van der Waals surface area (Å²) in [5, 5.41) is 11.6. The van der Waals surface area contributed by atoms with Crippen molar-refractivity contribution in [2.45, 2.75) is 31.8 Å². The van der Waals surface area contributed by atoms with Gasteiger partial charge in [0.2, 0.25) is 0 Å². The van der Waals surface area contributed by atoms with Gasteiger partial charge in [0.1, 0.15) is 0 Å². The summed E-state index contributed by atoms with van der Waals surface area (Å²) in [6.07, 6.45) is 5.62. The third-order valence-electron chi connectivity index (χ3n) is 3.57. The summed E-state index contributed by atoms with van der Waals surface area (Å²) in [5.74, 6) is 0. The predicted molar refractivity (Wildman–Crippen MR) is 70.3 cm³/mol. The highest BCUT2D eigenvalue weighted by atomic mass is 15.4. The van der Waals surface area contributed by atoms with E-state index in [0.29, 0.717) is 6.04 Å². The molecule has 0 fully saturated rings. The van der Waals surface area contributed by atoms with E-state index in [9.17, 15) is 0 Å². The fourth-order valence-corrected chi connectivity index (χ4v) is 2.73. The Morgan fingerprint density at radius 2 is 2.28 bits per heavy atom. The molecule has 1 aromatic heterocycles. The first-order chi connectivity index (χ1) is 8.88. The van der Waals surface area contributed by atoms with Crippen molar-refractivity contribution in [2.24, 2.45) is 0 Å². The molecule has 1 atom stereocenters. The second-order valence-corrected chi connectivity index (χ2v) is 4.83. The lowest BCUT2D eigenvalue weighted by Gasteiger charge is -2.25. The quantitative estimate of drug-likeness (QED) is 0.894. The van der Waals surface area contributed by atoms with Crippen LogP contribution in [-0.4, -0.2) is 22.0 Å². The van der Waals surface area contributed by atoms with Gasteiger partial charge in [-0.1, -0.05) is 29.5 Å². The van der Waals surface area contributed by atoms with Crippen molar-refractivity contribution >= 4 is 0 Å². The lowest BCUT2D eigenvalue weighted by Crippen LogP contribution is -2.17. The summed E-state index contributed by atoms with van der Waals surface area (Å²) in [7, 11) is 1.93. The highest BCUT2D eigenvalue weighted by Gasteiger charge is 2.22. The number of aryl methyl sites for hydroxylation is 1. The molecule has 0 saturated heterocycles. The molecule has 0 saturated carbocycles. The maximum absolute atomic E-state index is 4.28. The fourth-order valence-electron chi connectivity index (χ4n) is 2.73. The Balaban J connectivity index is 1.92. The predicted octanol–water partition coefficient (Wildman–Crippen LogP) is 1.92. The third-order valence-corrected chi connectivity index (χ3v) is 3.57. The molecule has 1 aromatic carbocycles. The molecule has 1 aliphatic carbocycles. The molecule has 2 aromatic rings. The lowest BCUT2D eigenvalue weighted by atomic mass is 9.88. The minimum Gasteiger partial charge on any atom is -0.314 e. The number of benzene rings is 1. The number of nitrogens with zero attached hydrogens (tertiary/aromatic N) is 3. The third kappa shape index (κ3) is 2.04. The van der Waals surface area contributed by atoms with E-state index in [4.69, 9.17) is 0 Å². The van der Waals surface area contributed by atoms with Gasteiger partial charge in [-0.3, -0.25) is 0 Å². The molecule has 3 rings (SSSR count). The number of fused-ring (bicyclic) bond motifs is 1. The normalized spacial score (nSPS) is 18.6. The van der Waals surface area contributed by atoms with Crippen LogP contribution in [0.4, 0.5) is 0 Å². The van der Waals surface area contributed by atoms with Gasteiger partial charge in [-0.2, -0.15) is 0 Å². The largest absolute Gasteiger partial charge is 0.314 e. The van der Waals surface area contributed by atoms with Crippen LogP contribution in [0, 0.1) is 0 Å². The molecule has 94 valence electrons. The van der Waals surface area contributed by atoms with Crippen molar-refractivity contribution in [3.63, 3.8) is 0 Å². The first-order valence-corrected chi connectivity index (χ1v) is 6.51. The van der Waals surface area contributed by atoms with Gasteiger partial charge in [0.15, 0.2) is 0 Å². The Morgan fingerprint density at radius 1 is 1.39 bits per heavy atom. The van der Waals surface area contributed by atoms with Crippen LogP contribution in [0.15, 0.2) is 30.5 Å². The Hall–Kier alpha value is -1.68. The summed E-state index contributed by atoms with van der Waals surface area (Å²) < 4.78 is 2.02. The van der Waals surface area contributed by atoms with Crippen molar-refractivity contribution in [3.05, 3.63) is 47.3 Å². The van der Waals surface area contributed by atoms with Crippen LogP contribution in [0.2, 0.25) is 0 Å². The van der Waals surface area contributed by atoms with E-state index in [1.54, 1.807) is 0 Å². The Morgan fingerprint density at radius 3 is 3.17 bits per heavy atom. The van der Waals surface area contributed by atoms with Crippen LogP contribution in [0.1, 0.15) is 35.7 Å². The van der Waals surface area contributed by atoms with Gasteiger partial charge in [0.25, 0.3) is 0 Å². The maximum atomic E-state index is 4.28. The molecule has 0 radical (unpaired) electrons. The van der Waals surface area contributed by atoms with Crippen molar-refractivity contribution < 1.29 is 0 Å². The number of nitrogens with one attached hydrogen (secondary N) is 1. The average Bonchev–Trinajstić information content (AvgIpc) is 2.87. The molecule has 0 spiro atoms. The van der Waals surface area contributed by atoms with Crippen LogP contribution in [-0.2, 0) is 13.0 Å². The van der Waals surface area contributed by atoms with E-state index in [0.717, 1.165) is 18.7 Å². The van der Waals surface area contributed by atoms with Gasteiger partial charge in [-0.25, -0.2) is 4.68 Å². The summed E-state index contributed by atoms with van der Waals surface area (Å²) in [4.78, 5) is 0. The van der Waals surface area contributed by atoms with Crippen molar-refractivity contribution in [2.75, 3.05) is 7.05 Å².